The van der Waals surface area contributed by atoms with Gasteiger partial charge in [0, 0.05) is 16.0 Å². The maximum absolute atomic E-state index is 10.7. The molecule has 0 spiro atoms. The van der Waals surface area contributed by atoms with Gasteiger partial charge in [-0.25, -0.2) is 0 Å². The molecule has 3 heteroatoms. The lowest BCUT2D eigenvalue weighted by molar-refractivity contribution is -0.0145. The Morgan fingerprint density at radius 3 is 2.56 bits per heavy atom. The Bertz CT molecular complexity index is 408. The average molecular weight is 241 g/mol. The first-order valence-electron chi connectivity index (χ1n) is 5.47. The Hall–Kier alpha value is -0.730. The van der Waals surface area contributed by atoms with Gasteiger partial charge < -0.3 is 9.84 Å². The van der Waals surface area contributed by atoms with Crippen molar-refractivity contribution < 1.29 is 9.84 Å². The number of halogens is 1. The van der Waals surface area contributed by atoms with Crippen LogP contribution >= 0.6 is 11.6 Å². The fourth-order valence-corrected chi connectivity index (χ4v) is 2.23. The maximum atomic E-state index is 10.7. The molecule has 0 amide bonds. The summed E-state index contributed by atoms with van der Waals surface area (Å²) in [5.41, 5.74) is -0.156. The molecule has 1 aliphatic carbocycles. The standard InChI is InChI=1S/C13H17ClO2/c1-12(6-7-12)13(2,15)10-8-9(14)4-5-11(10)16-3/h4-5,8,15H,6-7H2,1-3H3. The number of benzene rings is 1. The van der Waals surface area contributed by atoms with E-state index in [2.05, 4.69) is 6.92 Å². The third kappa shape index (κ3) is 1.70. The van der Waals surface area contributed by atoms with Gasteiger partial charge in [-0.2, -0.15) is 0 Å². The highest BCUT2D eigenvalue weighted by Gasteiger charge is 2.54. The first kappa shape index (κ1) is 11.7. The van der Waals surface area contributed by atoms with E-state index in [1.54, 1.807) is 25.3 Å². The Morgan fingerprint density at radius 1 is 1.44 bits per heavy atom. The topological polar surface area (TPSA) is 29.5 Å². The second kappa shape index (κ2) is 3.64. The summed E-state index contributed by atoms with van der Waals surface area (Å²) in [4.78, 5) is 0. The fourth-order valence-electron chi connectivity index (χ4n) is 2.06. The van der Waals surface area contributed by atoms with Crippen LogP contribution in [0.3, 0.4) is 0 Å². The highest BCUT2D eigenvalue weighted by molar-refractivity contribution is 6.30. The van der Waals surface area contributed by atoms with Crippen molar-refractivity contribution in [3.63, 3.8) is 0 Å². The van der Waals surface area contributed by atoms with Gasteiger partial charge in [0.05, 0.1) is 12.7 Å². The first-order chi connectivity index (χ1) is 7.40. The third-order valence-electron chi connectivity index (χ3n) is 3.86. The third-order valence-corrected chi connectivity index (χ3v) is 4.10. The van der Waals surface area contributed by atoms with Crippen molar-refractivity contribution in [1.29, 1.82) is 0 Å². The van der Waals surface area contributed by atoms with Crippen molar-refractivity contribution in [2.45, 2.75) is 32.3 Å². The molecule has 1 aromatic carbocycles. The molecular formula is C13H17ClO2. The second-order valence-corrected chi connectivity index (χ2v) is 5.41. The average Bonchev–Trinajstić information content (AvgIpc) is 2.98. The molecule has 1 saturated carbocycles. The van der Waals surface area contributed by atoms with Crippen LogP contribution in [0.2, 0.25) is 5.02 Å². The summed E-state index contributed by atoms with van der Waals surface area (Å²) in [7, 11) is 1.61. The van der Waals surface area contributed by atoms with Gasteiger partial charge in [-0.3, -0.25) is 0 Å². The number of hydrogen-bond donors (Lipinski definition) is 1. The smallest absolute Gasteiger partial charge is 0.125 e. The zero-order valence-corrected chi connectivity index (χ0v) is 10.6. The van der Waals surface area contributed by atoms with Crippen LogP contribution in [-0.4, -0.2) is 12.2 Å². The molecule has 88 valence electrons. The Labute approximate surface area is 101 Å². The highest BCUT2D eigenvalue weighted by atomic mass is 35.5. The molecule has 2 nitrogen and oxygen atoms in total. The lowest BCUT2D eigenvalue weighted by atomic mass is 9.81. The minimum absolute atomic E-state index is 0.0506. The lowest BCUT2D eigenvalue weighted by Gasteiger charge is -2.32. The fraction of sp³-hybridized carbons (Fsp3) is 0.538. The van der Waals surface area contributed by atoms with E-state index in [0.29, 0.717) is 10.8 Å². The van der Waals surface area contributed by atoms with Crippen molar-refractivity contribution in [2.24, 2.45) is 5.41 Å². The van der Waals surface area contributed by atoms with E-state index in [0.717, 1.165) is 18.4 Å². The summed E-state index contributed by atoms with van der Waals surface area (Å²) in [6.45, 7) is 3.93. The van der Waals surface area contributed by atoms with Crippen LogP contribution in [0.5, 0.6) is 5.75 Å². The molecule has 1 atom stereocenters. The van der Waals surface area contributed by atoms with Crippen molar-refractivity contribution >= 4 is 11.6 Å². The zero-order chi connectivity index (χ0) is 12.0. The molecule has 1 N–H and O–H groups in total. The largest absolute Gasteiger partial charge is 0.496 e. The molecule has 2 rings (SSSR count). The number of methoxy groups -OCH3 is 1. The molecule has 0 aliphatic heterocycles. The number of rotatable bonds is 3. The number of aliphatic hydroxyl groups is 1. The predicted molar refractivity (Wildman–Crippen MR) is 64.9 cm³/mol. The van der Waals surface area contributed by atoms with Crippen molar-refractivity contribution in [3.05, 3.63) is 28.8 Å². The minimum atomic E-state index is -0.886. The molecule has 0 bridgehead atoms. The van der Waals surface area contributed by atoms with Gasteiger partial charge >= 0.3 is 0 Å². The normalized spacial score (nSPS) is 21.3. The quantitative estimate of drug-likeness (QED) is 0.878. The van der Waals surface area contributed by atoms with E-state index in [9.17, 15) is 5.11 Å². The molecule has 1 unspecified atom stereocenters. The lowest BCUT2D eigenvalue weighted by Crippen LogP contribution is -2.31. The van der Waals surface area contributed by atoms with Crippen molar-refractivity contribution in [1.82, 2.24) is 0 Å². The van der Waals surface area contributed by atoms with Gasteiger partial charge in [-0.1, -0.05) is 18.5 Å². The Balaban J connectivity index is 2.49. The Kier molecular flexibility index (Phi) is 2.67. The van der Waals surface area contributed by atoms with E-state index in [4.69, 9.17) is 16.3 Å². The molecular weight excluding hydrogens is 224 g/mol. The molecule has 16 heavy (non-hydrogen) atoms. The van der Waals surface area contributed by atoms with E-state index in [1.165, 1.54) is 0 Å². The summed E-state index contributed by atoms with van der Waals surface area (Å²) < 4.78 is 5.29. The molecule has 0 aromatic heterocycles. The summed E-state index contributed by atoms with van der Waals surface area (Å²) in [6, 6.07) is 5.37. The number of ether oxygens (including phenoxy) is 1. The van der Waals surface area contributed by atoms with Gasteiger partial charge in [0.1, 0.15) is 5.75 Å². The molecule has 1 aliphatic rings. The highest BCUT2D eigenvalue weighted by Crippen LogP contribution is 2.59. The maximum Gasteiger partial charge on any atom is 0.125 e. The predicted octanol–water partition coefficient (Wildman–Crippen LogP) is 3.36. The summed E-state index contributed by atoms with van der Waals surface area (Å²) in [6.07, 6.45) is 2.07. The van der Waals surface area contributed by atoms with E-state index >= 15 is 0 Å². The van der Waals surface area contributed by atoms with Crippen LogP contribution in [0.4, 0.5) is 0 Å². The summed E-state index contributed by atoms with van der Waals surface area (Å²) in [5.74, 6) is 0.697. The molecule has 0 saturated heterocycles. The van der Waals surface area contributed by atoms with Gasteiger partial charge in [0.15, 0.2) is 0 Å². The van der Waals surface area contributed by atoms with E-state index < -0.39 is 5.60 Å². The minimum Gasteiger partial charge on any atom is -0.496 e. The number of hydrogen-bond acceptors (Lipinski definition) is 2. The molecule has 1 fully saturated rings. The van der Waals surface area contributed by atoms with Crippen molar-refractivity contribution in [2.75, 3.05) is 7.11 Å². The zero-order valence-electron chi connectivity index (χ0n) is 9.88. The van der Waals surface area contributed by atoms with Crippen LogP contribution in [0.25, 0.3) is 0 Å². The van der Waals surface area contributed by atoms with Crippen LogP contribution in [0.15, 0.2) is 18.2 Å². The van der Waals surface area contributed by atoms with Gasteiger partial charge in [0.25, 0.3) is 0 Å². The SMILES string of the molecule is COc1ccc(Cl)cc1C(C)(O)C1(C)CC1. The Morgan fingerprint density at radius 2 is 2.06 bits per heavy atom. The van der Waals surface area contributed by atoms with E-state index in [1.807, 2.05) is 6.92 Å². The van der Waals surface area contributed by atoms with Crippen LogP contribution in [0, 0.1) is 5.41 Å². The van der Waals surface area contributed by atoms with Crippen LogP contribution in [0.1, 0.15) is 32.3 Å². The van der Waals surface area contributed by atoms with Gasteiger partial charge in [0.2, 0.25) is 0 Å². The summed E-state index contributed by atoms with van der Waals surface area (Å²) >= 11 is 5.98. The van der Waals surface area contributed by atoms with Gasteiger partial charge in [-0.15, -0.1) is 0 Å². The van der Waals surface area contributed by atoms with Crippen molar-refractivity contribution in [3.8, 4) is 5.75 Å². The first-order valence-corrected chi connectivity index (χ1v) is 5.85. The van der Waals surface area contributed by atoms with Crippen LogP contribution < -0.4 is 4.74 Å². The molecule has 0 radical (unpaired) electrons. The monoisotopic (exact) mass is 240 g/mol. The second-order valence-electron chi connectivity index (χ2n) is 4.98. The van der Waals surface area contributed by atoms with Gasteiger partial charge in [-0.05, 0) is 38.0 Å². The van der Waals surface area contributed by atoms with Crippen LogP contribution in [-0.2, 0) is 5.60 Å². The molecule has 0 heterocycles. The molecule has 1 aromatic rings. The van der Waals surface area contributed by atoms with E-state index in [-0.39, 0.29) is 5.41 Å². The summed E-state index contributed by atoms with van der Waals surface area (Å²) in [5, 5.41) is 11.3.